The highest BCUT2D eigenvalue weighted by Gasteiger charge is 1.99. The minimum Gasteiger partial charge on any atom is -0.366 e. The number of carbonyl (C=O) groups is 1. The van der Waals surface area contributed by atoms with Gasteiger partial charge in [0.1, 0.15) is 0 Å². The molecule has 2 aromatic rings. The number of nitrogens with zero attached hydrogens (tertiary/aromatic N) is 1. The summed E-state index contributed by atoms with van der Waals surface area (Å²) in [6, 6.07) is 11.2. The number of hydrogen-bond acceptors (Lipinski definition) is 3. The number of rotatable bonds is 5. The molecule has 0 bridgehead atoms. The van der Waals surface area contributed by atoms with Crippen molar-refractivity contribution in [1.29, 1.82) is 0 Å². The number of carbonyl (C=O) groups excluding carboxylic acids is 1. The molecule has 0 aliphatic heterocycles. The molecule has 1 heterocycles. The van der Waals surface area contributed by atoms with Gasteiger partial charge in [0.2, 0.25) is 5.91 Å². The van der Waals surface area contributed by atoms with Crippen LogP contribution in [-0.2, 0) is 13.1 Å². The van der Waals surface area contributed by atoms with Gasteiger partial charge in [-0.1, -0.05) is 18.2 Å². The molecule has 2 rings (SSSR count). The van der Waals surface area contributed by atoms with Gasteiger partial charge in [0.15, 0.2) is 0 Å². The summed E-state index contributed by atoms with van der Waals surface area (Å²) in [5.74, 6) is -0.398. The fourth-order valence-electron chi connectivity index (χ4n) is 1.64. The fourth-order valence-corrected chi connectivity index (χ4v) is 1.64. The van der Waals surface area contributed by atoms with E-state index in [1.807, 2.05) is 30.5 Å². The van der Waals surface area contributed by atoms with Crippen LogP contribution in [0, 0.1) is 0 Å². The predicted octanol–water partition coefficient (Wildman–Crippen LogP) is 1.47. The molecule has 4 nitrogen and oxygen atoms in total. The molecule has 0 spiro atoms. The Hall–Kier alpha value is -2.20. The summed E-state index contributed by atoms with van der Waals surface area (Å²) in [7, 11) is 0. The standard InChI is InChI=1S/C14H15N3O/c15-14(18)13-5-3-11(4-6-13)8-17-10-12-2-1-7-16-9-12/h1-7,9,17H,8,10H2,(H2,15,18). The van der Waals surface area contributed by atoms with Gasteiger partial charge in [0, 0.05) is 31.0 Å². The number of nitrogens with two attached hydrogens (primary N) is 1. The van der Waals surface area contributed by atoms with Crippen LogP contribution in [0.25, 0.3) is 0 Å². The molecule has 92 valence electrons. The van der Waals surface area contributed by atoms with Gasteiger partial charge in [-0.15, -0.1) is 0 Å². The first-order valence-corrected chi connectivity index (χ1v) is 5.74. The topological polar surface area (TPSA) is 68.0 Å². The van der Waals surface area contributed by atoms with Crippen LogP contribution in [0.1, 0.15) is 21.5 Å². The molecule has 0 fully saturated rings. The lowest BCUT2D eigenvalue weighted by molar-refractivity contribution is 0.100. The molecular weight excluding hydrogens is 226 g/mol. The van der Waals surface area contributed by atoms with Crippen LogP contribution < -0.4 is 11.1 Å². The first kappa shape index (κ1) is 12.3. The van der Waals surface area contributed by atoms with Gasteiger partial charge in [-0.3, -0.25) is 9.78 Å². The summed E-state index contributed by atoms with van der Waals surface area (Å²) >= 11 is 0. The van der Waals surface area contributed by atoms with Gasteiger partial charge in [-0.05, 0) is 29.3 Å². The Bertz CT molecular complexity index is 508. The lowest BCUT2D eigenvalue weighted by Gasteiger charge is -2.05. The third-order valence-corrected chi connectivity index (χ3v) is 2.62. The smallest absolute Gasteiger partial charge is 0.248 e. The lowest BCUT2D eigenvalue weighted by atomic mass is 10.1. The molecule has 1 aromatic heterocycles. The normalized spacial score (nSPS) is 10.2. The van der Waals surface area contributed by atoms with E-state index < -0.39 is 5.91 Å². The van der Waals surface area contributed by atoms with E-state index in [1.165, 1.54) is 0 Å². The van der Waals surface area contributed by atoms with Crippen molar-refractivity contribution >= 4 is 5.91 Å². The van der Waals surface area contributed by atoms with Crippen LogP contribution in [0.15, 0.2) is 48.8 Å². The van der Waals surface area contributed by atoms with E-state index in [9.17, 15) is 4.79 Å². The van der Waals surface area contributed by atoms with E-state index in [4.69, 9.17) is 5.73 Å². The first-order valence-electron chi connectivity index (χ1n) is 5.74. The number of benzene rings is 1. The van der Waals surface area contributed by atoms with Crippen LogP contribution in [0.3, 0.4) is 0 Å². The molecule has 0 saturated carbocycles. The minimum atomic E-state index is -0.398. The largest absolute Gasteiger partial charge is 0.366 e. The number of pyridine rings is 1. The Kier molecular flexibility index (Phi) is 4.04. The van der Waals surface area contributed by atoms with Crippen molar-refractivity contribution in [2.45, 2.75) is 13.1 Å². The van der Waals surface area contributed by atoms with Gasteiger partial charge in [0.25, 0.3) is 0 Å². The average Bonchev–Trinajstić information content (AvgIpc) is 2.40. The summed E-state index contributed by atoms with van der Waals surface area (Å²) < 4.78 is 0. The van der Waals surface area contributed by atoms with Crippen LogP contribution in [0.2, 0.25) is 0 Å². The predicted molar refractivity (Wildman–Crippen MR) is 69.7 cm³/mol. The highest BCUT2D eigenvalue weighted by molar-refractivity contribution is 5.92. The second-order valence-electron chi connectivity index (χ2n) is 4.03. The summed E-state index contributed by atoms with van der Waals surface area (Å²) in [6.07, 6.45) is 3.59. The van der Waals surface area contributed by atoms with Gasteiger partial charge in [-0.2, -0.15) is 0 Å². The minimum absolute atomic E-state index is 0.398. The van der Waals surface area contributed by atoms with Crippen LogP contribution in [0.4, 0.5) is 0 Å². The van der Waals surface area contributed by atoms with Crippen LogP contribution in [0.5, 0.6) is 0 Å². The molecule has 0 unspecified atom stereocenters. The van der Waals surface area contributed by atoms with E-state index >= 15 is 0 Å². The fraction of sp³-hybridized carbons (Fsp3) is 0.143. The summed E-state index contributed by atoms with van der Waals surface area (Å²) in [5, 5.41) is 3.31. The quantitative estimate of drug-likeness (QED) is 0.833. The highest BCUT2D eigenvalue weighted by Crippen LogP contribution is 2.04. The third kappa shape index (κ3) is 3.40. The van der Waals surface area contributed by atoms with Crippen LogP contribution in [-0.4, -0.2) is 10.9 Å². The van der Waals surface area contributed by atoms with E-state index in [1.54, 1.807) is 18.3 Å². The van der Waals surface area contributed by atoms with Crippen molar-refractivity contribution in [3.63, 3.8) is 0 Å². The molecule has 1 aromatic carbocycles. The summed E-state index contributed by atoms with van der Waals surface area (Å²) in [4.78, 5) is 15.0. The molecular formula is C14H15N3O. The van der Waals surface area contributed by atoms with Crippen LogP contribution >= 0.6 is 0 Å². The van der Waals surface area contributed by atoms with Gasteiger partial charge in [0.05, 0.1) is 0 Å². The second kappa shape index (κ2) is 5.93. The summed E-state index contributed by atoms with van der Waals surface area (Å²) in [6.45, 7) is 1.51. The average molecular weight is 241 g/mol. The SMILES string of the molecule is NC(=O)c1ccc(CNCc2cccnc2)cc1. The molecule has 1 amide bonds. The maximum atomic E-state index is 10.9. The third-order valence-electron chi connectivity index (χ3n) is 2.62. The zero-order chi connectivity index (χ0) is 12.8. The van der Waals surface area contributed by atoms with E-state index in [0.717, 1.165) is 24.2 Å². The molecule has 0 aliphatic carbocycles. The van der Waals surface area contributed by atoms with E-state index in [-0.39, 0.29) is 0 Å². The second-order valence-corrected chi connectivity index (χ2v) is 4.03. The van der Waals surface area contributed by atoms with Crippen molar-refractivity contribution in [2.24, 2.45) is 5.73 Å². The Labute approximate surface area is 106 Å². The maximum Gasteiger partial charge on any atom is 0.248 e. The summed E-state index contributed by atoms with van der Waals surface area (Å²) in [5.41, 5.74) is 7.97. The van der Waals surface area contributed by atoms with Crippen molar-refractivity contribution in [3.8, 4) is 0 Å². The molecule has 0 aliphatic rings. The molecule has 0 radical (unpaired) electrons. The molecule has 4 heteroatoms. The van der Waals surface area contributed by atoms with Gasteiger partial charge >= 0.3 is 0 Å². The van der Waals surface area contributed by atoms with Gasteiger partial charge < -0.3 is 11.1 Å². The van der Waals surface area contributed by atoms with Gasteiger partial charge in [-0.25, -0.2) is 0 Å². The Morgan fingerprint density at radius 3 is 2.44 bits per heavy atom. The Balaban J connectivity index is 1.85. The van der Waals surface area contributed by atoms with Crippen molar-refractivity contribution in [3.05, 3.63) is 65.5 Å². The number of amides is 1. The van der Waals surface area contributed by atoms with E-state index in [0.29, 0.717) is 5.56 Å². The maximum absolute atomic E-state index is 10.9. The zero-order valence-corrected chi connectivity index (χ0v) is 9.97. The molecule has 0 saturated heterocycles. The molecule has 3 N–H and O–H groups in total. The molecule has 18 heavy (non-hydrogen) atoms. The van der Waals surface area contributed by atoms with Crippen molar-refractivity contribution in [1.82, 2.24) is 10.3 Å². The number of aromatic nitrogens is 1. The first-order chi connectivity index (χ1) is 8.75. The van der Waals surface area contributed by atoms with Crippen molar-refractivity contribution < 1.29 is 4.79 Å². The number of primary amides is 1. The monoisotopic (exact) mass is 241 g/mol. The van der Waals surface area contributed by atoms with Crippen molar-refractivity contribution in [2.75, 3.05) is 0 Å². The highest BCUT2D eigenvalue weighted by atomic mass is 16.1. The molecule has 0 atom stereocenters. The Morgan fingerprint density at radius 2 is 1.83 bits per heavy atom. The lowest BCUT2D eigenvalue weighted by Crippen LogP contribution is -2.14. The Morgan fingerprint density at radius 1 is 1.11 bits per heavy atom. The number of nitrogens with one attached hydrogen (secondary N) is 1. The van der Waals surface area contributed by atoms with E-state index in [2.05, 4.69) is 10.3 Å². The number of hydrogen-bond donors (Lipinski definition) is 2. The zero-order valence-electron chi connectivity index (χ0n) is 9.97.